The first-order valence-electron chi connectivity index (χ1n) is 6.42. The van der Waals surface area contributed by atoms with Crippen molar-refractivity contribution < 1.29 is 9.84 Å². The topological polar surface area (TPSA) is 55.5 Å². The van der Waals surface area contributed by atoms with E-state index in [2.05, 4.69) is 0 Å². The van der Waals surface area contributed by atoms with Gasteiger partial charge in [0.1, 0.15) is 18.0 Å². The minimum Gasteiger partial charge on any atom is -0.490 e. The molecule has 0 saturated carbocycles. The molecule has 0 aliphatic carbocycles. The van der Waals surface area contributed by atoms with Crippen molar-refractivity contribution in [3.8, 4) is 5.75 Å². The highest BCUT2D eigenvalue weighted by Crippen LogP contribution is 2.26. The molecule has 0 aliphatic rings. The van der Waals surface area contributed by atoms with Crippen LogP contribution in [0.2, 0.25) is 5.02 Å². The van der Waals surface area contributed by atoms with Gasteiger partial charge in [-0.3, -0.25) is 0 Å². The van der Waals surface area contributed by atoms with E-state index in [1.807, 2.05) is 30.3 Å². The molecule has 0 aromatic heterocycles. The lowest BCUT2D eigenvalue weighted by molar-refractivity contribution is 0.00731. The second-order valence-corrected chi connectivity index (χ2v) is 5.32. The zero-order valence-electron chi connectivity index (χ0n) is 11.3. The minimum atomic E-state index is -1.06. The number of benzene rings is 2. The summed E-state index contributed by atoms with van der Waals surface area (Å²) in [5.41, 5.74) is 6.24. The van der Waals surface area contributed by atoms with Crippen molar-refractivity contribution >= 4 is 11.6 Å². The SMILES string of the molecule is CC(O)(COc1ccc(Cl)cc1CN)c1ccccc1. The summed E-state index contributed by atoms with van der Waals surface area (Å²) >= 11 is 5.92. The van der Waals surface area contributed by atoms with Gasteiger partial charge >= 0.3 is 0 Å². The summed E-state index contributed by atoms with van der Waals surface area (Å²) in [6.45, 7) is 2.20. The third-order valence-corrected chi connectivity index (χ3v) is 3.38. The van der Waals surface area contributed by atoms with Gasteiger partial charge in [-0.2, -0.15) is 0 Å². The summed E-state index contributed by atoms with van der Waals surface area (Å²) in [6.07, 6.45) is 0. The van der Waals surface area contributed by atoms with Crippen molar-refractivity contribution in [3.63, 3.8) is 0 Å². The molecule has 2 rings (SSSR count). The Morgan fingerprint density at radius 3 is 2.55 bits per heavy atom. The molecule has 2 aromatic rings. The van der Waals surface area contributed by atoms with E-state index in [-0.39, 0.29) is 6.61 Å². The fraction of sp³-hybridized carbons (Fsp3) is 0.250. The van der Waals surface area contributed by atoms with Crippen LogP contribution in [0.1, 0.15) is 18.1 Å². The van der Waals surface area contributed by atoms with Gasteiger partial charge in [-0.05, 0) is 30.7 Å². The van der Waals surface area contributed by atoms with Crippen LogP contribution in [0.15, 0.2) is 48.5 Å². The molecule has 0 aliphatic heterocycles. The Kier molecular flexibility index (Phi) is 4.65. The Hall–Kier alpha value is -1.55. The van der Waals surface area contributed by atoms with Gasteiger partial charge < -0.3 is 15.6 Å². The highest BCUT2D eigenvalue weighted by atomic mass is 35.5. The molecule has 0 saturated heterocycles. The summed E-state index contributed by atoms with van der Waals surface area (Å²) in [7, 11) is 0. The third-order valence-electron chi connectivity index (χ3n) is 3.15. The molecule has 4 heteroatoms. The molecule has 3 N–H and O–H groups in total. The second kappa shape index (κ2) is 6.27. The van der Waals surface area contributed by atoms with Gasteiger partial charge in [-0.15, -0.1) is 0 Å². The van der Waals surface area contributed by atoms with Gasteiger partial charge in [-0.25, -0.2) is 0 Å². The average molecular weight is 292 g/mol. The zero-order chi connectivity index (χ0) is 14.6. The van der Waals surface area contributed by atoms with Crippen molar-refractivity contribution in [2.75, 3.05) is 6.61 Å². The molecular weight excluding hydrogens is 274 g/mol. The van der Waals surface area contributed by atoms with Crippen LogP contribution in [0.4, 0.5) is 0 Å². The van der Waals surface area contributed by atoms with Gasteiger partial charge in [0, 0.05) is 17.1 Å². The van der Waals surface area contributed by atoms with E-state index in [0.29, 0.717) is 17.3 Å². The first kappa shape index (κ1) is 14.9. The number of nitrogens with two attached hydrogens (primary N) is 1. The van der Waals surface area contributed by atoms with Crippen LogP contribution in [-0.2, 0) is 12.1 Å². The molecule has 1 atom stereocenters. The normalized spacial score (nSPS) is 13.8. The van der Waals surface area contributed by atoms with Crippen molar-refractivity contribution in [2.24, 2.45) is 5.73 Å². The van der Waals surface area contributed by atoms with Crippen molar-refractivity contribution in [1.29, 1.82) is 0 Å². The highest BCUT2D eigenvalue weighted by molar-refractivity contribution is 6.30. The van der Waals surface area contributed by atoms with E-state index >= 15 is 0 Å². The van der Waals surface area contributed by atoms with Crippen molar-refractivity contribution in [3.05, 3.63) is 64.7 Å². The lowest BCUT2D eigenvalue weighted by Gasteiger charge is -2.24. The molecule has 0 fully saturated rings. The number of ether oxygens (including phenoxy) is 1. The van der Waals surface area contributed by atoms with E-state index in [4.69, 9.17) is 22.1 Å². The van der Waals surface area contributed by atoms with Crippen LogP contribution in [0.25, 0.3) is 0 Å². The molecular formula is C16H18ClNO2. The van der Waals surface area contributed by atoms with Crippen LogP contribution < -0.4 is 10.5 Å². The monoisotopic (exact) mass is 291 g/mol. The quantitative estimate of drug-likeness (QED) is 0.890. The van der Waals surface area contributed by atoms with E-state index in [1.54, 1.807) is 25.1 Å². The first-order valence-corrected chi connectivity index (χ1v) is 6.80. The van der Waals surface area contributed by atoms with Crippen LogP contribution in [-0.4, -0.2) is 11.7 Å². The summed E-state index contributed by atoms with van der Waals surface area (Å²) in [4.78, 5) is 0. The average Bonchev–Trinajstić information content (AvgIpc) is 2.46. The summed E-state index contributed by atoms with van der Waals surface area (Å²) < 4.78 is 5.71. The smallest absolute Gasteiger partial charge is 0.124 e. The number of rotatable bonds is 5. The first-order chi connectivity index (χ1) is 9.53. The van der Waals surface area contributed by atoms with Crippen LogP contribution in [0, 0.1) is 0 Å². The Labute approximate surface area is 123 Å². The van der Waals surface area contributed by atoms with E-state index in [0.717, 1.165) is 11.1 Å². The Bertz CT molecular complexity index is 570. The maximum absolute atomic E-state index is 10.5. The van der Waals surface area contributed by atoms with E-state index < -0.39 is 5.60 Å². The third kappa shape index (κ3) is 3.51. The van der Waals surface area contributed by atoms with Gasteiger partial charge in [0.15, 0.2) is 0 Å². The second-order valence-electron chi connectivity index (χ2n) is 4.88. The lowest BCUT2D eigenvalue weighted by Crippen LogP contribution is -2.29. The minimum absolute atomic E-state index is 0.144. The Morgan fingerprint density at radius 2 is 1.90 bits per heavy atom. The zero-order valence-corrected chi connectivity index (χ0v) is 12.1. The van der Waals surface area contributed by atoms with Crippen LogP contribution in [0.3, 0.4) is 0 Å². The molecule has 0 spiro atoms. The molecule has 3 nitrogen and oxygen atoms in total. The Morgan fingerprint density at radius 1 is 1.20 bits per heavy atom. The standard InChI is InChI=1S/C16H18ClNO2/c1-16(19,13-5-3-2-4-6-13)11-20-15-8-7-14(17)9-12(15)10-18/h2-9,19H,10-11,18H2,1H3. The largest absolute Gasteiger partial charge is 0.490 e. The highest BCUT2D eigenvalue weighted by Gasteiger charge is 2.24. The molecule has 0 bridgehead atoms. The van der Waals surface area contributed by atoms with Crippen LogP contribution >= 0.6 is 11.6 Å². The summed E-state index contributed by atoms with van der Waals surface area (Å²) in [5.74, 6) is 0.646. The molecule has 106 valence electrons. The number of aliphatic hydroxyl groups is 1. The number of halogens is 1. The van der Waals surface area contributed by atoms with E-state index in [9.17, 15) is 5.11 Å². The lowest BCUT2D eigenvalue weighted by atomic mass is 9.97. The molecule has 1 unspecified atom stereocenters. The molecule has 0 radical (unpaired) electrons. The summed E-state index contributed by atoms with van der Waals surface area (Å²) in [6, 6.07) is 14.7. The van der Waals surface area contributed by atoms with E-state index in [1.165, 1.54) is 0 Å². The van der Waals surface area contributed by atoms with Crippen LogP contribution in [0.5, 0.6) is 5.75 Å². The summed E-state index contributed by atoms with van der Waals surface area (Å²) in [5, 5.41) is 11.1. The maximum atomic E-state index is 10.5. The molecule has 0 heterocycles. The number of hydrogen-bond acceptors (Lipinski definition) is 3. The van der Waals surface area contributed by atoms with Gasteiger partial charge in [0.2, 0.25) is 0 Å². The van der Waals surface area contributed by atoms with Gasteiger partial charge in [0.05, 0.1) is 0 Å². The maximum Gasteiger partial charge on any atom is 0.124 e. The van der Waals surface area contributed by atoms with Crippen molar-refractivity contribution in [2.45, 2.75) is 19.1 Å². The van der Waals surface area contributed by atoms with Gasteiger partial charge in [-0.1, -0.05) is 41.9 Å². The molecule has 20 heavy (non-hydrogen) atoms. The fourth-order valence-electron chi connectivity index (χ4n) is 1.95. The predicted molar refractivity (Wildman–Crippen MR) is 80.9 cm³/mol. The fourth-order valence-corrected chi connectivity index (χ4v) is 2.14. The predicted octanol–water partition coefficient (Wildman–Crippen LogP) is 3.09. The molecule has 0 amide bonds. The molecule has 2 aromatic carbocycles. The number of hydrogen-bond donors (Lipinski definition) is 2. The Balaban J connectivity index is 2.12. The van der Waals surface area contributed by atoms with Gasteiger partial charge in [0.25, 0.3) is 0 Å². The van der Waals surface area contributed by atoms with Crippen molar-refractivity contribution in [1.82, 2.24) is 0 Å².